The summed E-state index contributed by atoms with van der Waals surface area (Å²) in [6, 6.07) is 4.65. The molecular weight excluding hydrogens is 223 g/mol. The maximum absolute atomic E-state index is 13.0. The summed E-state index contributed by atoms with van der Waals surface area (Å²) < 4.78 is 13.6. The third-order valence-electron chi connectivity index (χ3n) is 1.23. The van der Waals surface area contributed by atoms with Gasteiger partial charge in [0.15, 0.2) is 0 Å². The van der Waals surface area contributed by atoms with Crippen LogP contribution in [-0.4, -0.2) is 5.84 Å². The lowest BCUT2D eigenvalue weighted by molar-refractivity contribution is 0.629. The Bertz CT molecular complexity index is 299. The third-order valence-corrected chi connectivity index (χ3v) is 1.87. The van der Waals surface area contributed by atoms with Crippen LogP contribution in [0.4, 0.5) is 10.1 Å². The summed E-state index contributed by atoms with van der Waals surface area (Å²) >= 11 is 3.17. The topological polar surface area (TPSA) is 38.4 Å². The SMILES string of the molecule is CC(N)=Nc1c(F)cccc1Br. The summed E-state index contributed by atoms with van der Waals surface area (Å²) in [4.78, 5) is 3.83. The van der Waals surface area contributed by atoms with Gasteiger partial charge in [0.05, 0.1) is 5.84 Å². The zero-order valence-corrected chi connectivity index (χ0v) is 8.10. The Morgan fingerprint density at radius 2 is 2.25 bits per heavy atom. The van der Waals surface area contributed by atoms with Gasteiger partial charge < -0.3 is 5.73 Å². The molecule has 0 atom stereocenters. The van der Waals surface area contributed by atoms with Crippen LogP contribution in [0.3, 0.4) is 0 Å². The highest BCUT2D eigenvalue weighted by Gasteiger charge is 2.03. The van der Waals surface area contributed by atoms with Crippen molar-refractivity contribution in [2.45, 2.75) is 6.92 Å². The second-order valence-corrected chi connectivity index (χ2v) is 3.18. The van der Waals surface area contributed by atoms with Gasteiger partial charge in [-0.1, -0.05) is 6.07 Å². The van der Waals surface area contributed by atoms with Gasteiger partial charge >= 0.3 is 0 Å². The molecule has 0 heterocycles. The third kappa shape index (κ3) is 2.04. The molecule has 12 heavy (non-hydrogen) atoms. The summed E-state index contributed by atoms with van der Waals surface area (Å²) in [6.45, 7) is 1.61. The van der Waals surface area contributed by atoms with E-state index in [1.807, 2.05) is 0 Å². The first kappa shape index (κ1) is 9.19. The fourth-order valence-corrected chi connectivity index (χ4v) is 1.20. The molecule has 2 nitrogen and oxygen atoms in total. The molecule has 1 aromatic carbocycles. The number of hydrogen-bond acceptors (Lipinski definition) is 1. The molecule has 1 rings (SSSR count). The molecular formula is C8H8BrFN2. The van der Waals surface area contributed by atoms with Crippen molar-refractivity contribution in [2.24, 2.45) is 10.7 Å². The molecule has 0 unspecified atom stereocenters. The quantitative estimate of drug-likeness (QED) is 0.585. The summed E-state index contributed by atoms with van der Waals surface area (Å²) in [5.41, 5.74) is 5.57. The number of amidine groups is 1. The van der Waals surface area contributed by atoms with Crippen LogP contribution < -0.4 is 5.73 Å². The van der Waals surface area contributed by atoms with Gasteiger partial charge in [0.2, 0.25) is 0 Å². The van der Waals surface area contributed by atoms with Crippen molar-refractivity contribution in [3.05, 3.63) is 28.5 Å². The van der Waals surface area contributed by atoms with Crippen molar-refractivity contribution < 1.29 is 4.39 Å². The van der Waals surface area contributed by atoms with E-state index in [2.05, 4.69) is 20.9 Å². The highest BCUT2D eigenvalue weighted by molar-refractivity contribution is 9.10. The van der Waals surface area contributed by atoms with Crippen molar-refractivity contribution >= 4 is 27.5 Å². The Morgan fingerprint density at radius 3 is 2.75 bits per heavy atom. The monoisotopic (exact) mass is 230 g/mol. The number of benzene rings is 1. The van der Waals surface area contributed by atoms with E-state index in [4.69, 9.17) is 5.73 Å². The highest BCUT2D eigenvalue weighted by atomic mass is 79.9. The van der Waals surface area contributed by atoms with Crippen molar-refractivity contribution in [3.8, 4) is 0 Å². The molecule has 0 spiro atoms. The van der Waals surface area contributed by atoms with E-state index in [1.54, 1.807) is 19.1 Å². The van der Waals surface area contributed by atoms with Gasteiger partial charge in [-0.25, -0.2) is 9.38 Å². The molecule has 0 aliphatic rings. The van der Waals surface area contributed by atoms with Crippen LogP contribution in [-0.2, 0) is 0 Å². The normalized spacial score (nSPS) is 11.8. The molecule has 0 radical (unpaired) electrons. The van der Waals surface area contributed by atoms with Crippen LogP contribution in [0.25, 0.3) is 0 Å². The summed E-state index contributed by atoms with van der Waals surface area (Å²) in [5.74, 6) is -0.0463. The first-order valence-electron chi connectivity index (χ1n) is 3.36. The van der Waals surface area contributed by atoms with Gasteiger partial charge in [-0.2, -0.15) is 0 Å². The second-order valence-electron chi connectivity index (χ2n) is 2.32. The zero-order valence-electron chi connectivity index (χ0n) is 6.51. The maximum atomic E-state index is 13.0. The van der Waals surface area contributed by atoms with Crippen LogP contribution >= 0.6 is 15.9 Å². The van der Waals surface area contributed by atoms with Gasteiger partial charge in [-0.05, 0) is 35.0 Å². The first-order chi connectivity index (χ1) is 5.61. The summed E-state index contributed by atoms with van der Waals surface area (Å²) in [7, 11) is 0. The predicted molar refractivity (Wildman–Crippen MR) is 51.1 cm³/mol. The zero-order chi connectivity index (χ0) is 9.14. The number of para-hydroxylation sites is 1. The number of nitrogens with zero attached hydrogens (tertiary/aromatic N) is 1. The Labute approximate surface area is 78.4 Å². The number of halogens is 2. The van der Waals surface area contributed by atoms with Crippen LogP contribution in [0.1, 0.15) is 6.92 Å². The smallest absolute Gasteiger partial charge is 0.150 e. The van der Waals surface area contributed by atoms with Crippen molar-refractivity contribution in [1.29, 1.82) is 0 Å². The van der Waals surface area contributed by atoms with Crippen molar-refractivity contribution in [2.75, 3.05) is 0 Å². The van der Waals surface area contributed by atoms with Gasteiger partial charge in [0, 0.05) is 4.47 Å². The molecule has 0 amide bonds. The molecule has 0 aliphatic carbocycles. The molecule has 0 aromatic heterocycles. The average molecular weight is 231 g/mol. The lowest BCUT2D eigenvalue weighted by Gasteiger charge is -1.99. The Hall–Kier alpha value is -0.900. The maximum Gasteiger partial charge on any atom is 0.150 e. The van der Waals surface area contributed by atoms with Gasteiger partial charge in [-0.15, -0.1) is 0 Å². The van der Waals surface area contributed by atoms with Gasteiger partial charge in [0.25, 0.3) is 0 Å². The largest absolute Gasteiger partial charge is 0.387 e. The summed E-state index contributed by atoms with van der Waals surface area (Å²) in [5, 5.41) is 0. The van der Waals surface area contributed by atoms with Crippen molar-refractivity contribution in [1.82, 2.24) is 0 Å². The molecule has 0 fully saturated rings. The van der Waals surface area contributed by atoms with E-state index in [0.29, 0.717) is 10.3 Å². The van der Waals surface area contributed by atoms with Gasteiger partial charge in [-0.3, -0.25) is 0 Å². The van der Waals surface area contributed by atoms with Crippen LogP contribution in [0.15, 0.2) is 27.7 Å². The molecule has 0 saturated carbocycles. The predicted octanol–water partition coefficient (Wildman–Crippen LogP) is 2.60. The Kier molecular flexibility index (Phi) is 2.81. The van der Waals surface area contributed by atoms with E-state index >= 15 is 0 Å². The molecule has 2 N–H and O–H groups in total. The number of nitrogens with two attached hydrogens (primary N) is 1. The number of aliphatic imine (C=N–C) groups is 1. The van der Waals surface area contributed by atoms with Crippen LogP contribution in [0.2, 0.25) is 0 Å². The van der Waals surface area contributed by atoms with Crippen molar-refractivity contribution in [3.63, 3.8) is 0 Å². The fourth-order valence-electron chi connectivity index (χ4n) is 0.772. The minimum absolute atomic E-state index is 0.248. The van der Waals surface area contributed by atoms with E-state index in [-0.39, 0.29) is 11.5 Å². The first-order valence-corrected chi connectivity index (χ1v) is 4.15. The van der Waals surface area contributed by atoms with E-state index in [9.17, 15) is 4.39 Å². The lowest BCUT2D eigenvalue weighted by atomic mass is 10.3. The average Bonchev–Trinajstić information content (AvgIpc) is 1.97. The standard InChI is InChI=1S/C8H8BrFN2/c1-5(11)12-8-6(9)3-2-4-7(8)10/h2-4H,1H3,(H2,11,12). The minimum atomic E-state index is -0.380. The highest BCUT2D eigenvalue weighted by Crippen LogP contribution is 2.27. The molecule has 64 valence electrons. The van der Waals surface area contributed by atoms with E-state index < -0.39 is 0 Å². The summed E-state index contributed by atoms with van der Waals surface area (Å²) in [6.07, 6.45) is 0. The number of hydrogen-bond donors (Lipinski definition) is 1. The van der Waals surface area contributed by atoms with E-state index in [1.165, 1.54) is 6.07 Å². The number of rotatable bonds is 1. The molecule has 0 aliphatic heterocycles. The Balaban J connectivity index is 3.22. The molecule has 4 heteroatoms. The van der Waals surface area contributed by atoms with E-state index in [0.717, 1.165) is 0 Å². The lowest BCUT2D eigenvalue weighted by Crippen LogP contribution is -2.04. The van der Waals surface area contributed by atoms with Crippen LogP contribution in [0.5, 0.6) is 0 Å². The van der Waals surface area contributed by atoms with Gasteiger partial charge in [0.1, 0.15) is 11.5 Å². The minimum Gasteiger partial charge on any atom is -0.387 e. The molecule has 0 saturated heterocycles. The second kappa shape index (κ2) is 3.67. The Morgan fingerprint density at radius 1 is 1.58 bits per heavy atom. The van der Waals surface area contributed by atoms with Crippen LogP contribution in [0, 0.1) is 5.82 Å². The molecule has 0 bridgehead atoms. The molecule has 1 aromatic rings. The fraction of sp³-hybridized carbons (Fsp3) is 0.125.